The molecule has 1 aliphatic heterocycles. The first-order chi connectivity index (χ1) is 14.9. The van der Waals surface area contributed by atoms with Crippen LogP contribution >= 0.6 is 11.3 Å². The fourth-order valence-electron chi connectivity index (χ4n) is 3.98. The maximum atomic E-state index is 13.2. The summed E-state index contributed by atoms with van der Waals surface area (Å²) in [4.78, 5) is 26.5. The van der Waals surface area contributed by atoms with Crippen molar-refractivity contribution in [2.45, 2.75) is 33.6 Å². The minimum atomic E-state index is -0.192. The van der Waals surface area contributed by atoms with Crippen molar-refractivity contribution in [1.82, 2.24) is 9.97 Å². The van der Waals surface area contributed by atoms with E-state index in [1.54, 1.807) is 32.4 Å². The minimum Gasteiger partial charge on any atom is -0.497 e. The molecule has 1 aromatic carbocycles. The number of hydrogen-bond acceptors (Lipinski definition) is 7. The van der Waals surface area contributed by atoms with Gasteiger partial charge in [0.25, 0.3) is 5.91 Å². The maximum absolute atomic E-state index is 13.2. The summed E-state index contributed by atoms with van der Waals surface area (Å²) in [5, 5.41) is 3.96. The van der Waals surface area contributed by atoms with Crippen LogP contribution in [0, 0.1) is 19.8 Å². The highest BCUT2D eigenvalue weighted by Gasteiger charge is 2.25. The van der Waals surface area contributed by atoms with Crippen LogP contribution < -0.4 is 19.7 Å². The van der Waals surface area contributed by atoms with Gasteiger partial charge < -0.3 is 19.7 Å². The molecule has 3 aromatic rings. The highest BCUT2D eigenvalue weighted by atomic mass is 32.1. The van der Waals surface area contributed by atoms with E-state index in [9.17, 15) is 4.79 Å². The largest absolute Gasteiger partial charge is 0.497 e. The Morgan fingerprint density at radius 3 is 2.58 bits per heavy atom. The van der Waals surface area contributed by atoms with Gasteiger partial charge in [-0.3, -0.25) is 4.79 Å². The molecule has 1 saturated heterocycles. The van der Waals surface area contributed by atoms with E-state index in [4.69, 9.17) is 14.5 Å². The molecular formula is C23H28N4O3S. The van der Waals surface area contributed by atoms with Crippen LogP contribution in [0.3, 0.4) is 0 Å². The van der Waals surface area contributed by atoms with E-state index >= 15 is 0 Å². The highest BCUT2D eigenvalue weighted by Crippen LogP contribution is 2.38. The second-order valence-electron chi connectivity index (χ2n) is 8.02. The molecular weight excluding hydrogens is 412 g/mol. The fraction of sp³-hybridized carbons (Fsp3) is 0.435. The number of methoxy groups -OCH3 is 2. The van der Waals surface area contributed by atoms with E-state index in [0.717, 1.165) is 59.3 Å². The molecule has 8 heteroatoms. The van der Waals surface area contributed by atoms with Gasteiger partial charge in [-0.25, -0.2) is 9.97 Å². The molecule has 1 N–H and O–H groups in total. The zero-order valence-electron chi connectivity index (χ0n) is 18.6. The van der Waals surface area contributed by atoms with Crippen LogP contribution in [0.25, 0.3) is 10.2 Å². The maximum Gasteiger partial charge on any atom is 0.266 e. The summed E-state index contributed by atoms with van der Waals surface area (Å²) >= 11 is 1.41. The summed E-state index contributed by atoms with van der Waals surface area (Å²) in [6.45, 7) is 8.13. The molecule has 0 unspecified atom stereocenters. The zero-order valence-corrected chi connectivity index (χ0v) is 19.4. The number of amides is 1. The van der Waals surface area contributed by atoms with E-state index < -0.39 is 0 Å². The zero-order chi connectivity index (χ0) is 22.1. The van der Waals surface area contributed by atoms with Gasteiger partial charge in [0.05, 0.1) is 30.2 Å². The van der Waals surface area contributed by atoms with Gasteiger partial charge in [0.15, 0.2) is 0 Å². The number of anilines is 2. The normalized spacial score (nSPS) is 14.7. The van der Waals surface area contributed by atoms with E-state index in [1.165, 1.54) is 11.3 Å². The van der Waals surface area contributed by atoms with Crippen LogP contribution in [-0.2, 0) is 0 Å². The predicted octanol–water partition coefficient (Wildman–Crippen LogP) is 4.81. The summed E-state index contributed by atoms with van der Waals surface area (Å²) in [6, 6.07) is 5.32. The van der Waals surface area contributed by atoms with Gasteiger partial charge in [-0.1, -0.05) is 6.92 Å². The molecule has 1 aliphatic rings. The number of benzene rings is 1. The summed E-state index contributed by atoms with van der Waals surface area (Å²) in [5.41, 5.74) is 1.48. The first-order valence-electron chi connectivity index (χ1n) is 10.5. The fourth-order valence-corrected chi connectivity index (χ4v) is 5.09. The molecule has 0 radical (unpaired) electrons. The summed E-state index contributed by atoms with van der Waals surface area (Å²) in [7, 11) is 3.17. The predicted molar refractivity (Wildman–Crippen MR) is 125 cm³/mol. The Kier molecular flexibility index (Phi) is 6.00. The van der Waals surface area contributed by atoms with Crippen LogP contribution in [0.4, 0.5) is 11.5 Å². The average molecular weight is 441 g/mol. The summed E-state index contributed by atoms with van der Waals surface area (Å²) < 4.78 is 10.7. The summed E-state index contributed by atoms with van der Waals surface area (Å²) in [5.74, 6) is 3.43. The van der Waals surface area contributed by atoms with Crippen LogP contribution in [0.5, 0.6) is 11.5 Å². The van der Waals surface area contributed by atoms with Gasteiger partial charge in [0.1, 0.15) is 28.0 Å². The number of nitrogens with one attached hydrogen (secondary N) is 1. The molecule has 0 spiro atoms. The number of carbonyl (C=O) groups excluding carboxylic acids is 1. The van der Waals surface area contributed by atoms with Crippen LogP contribution in [0.2, 0.25) is 0 Å². The molecule has 2 aromatic heterocycles. The van der Waals surface area contributed by atoms with Crippen molar-refractivity contribution in [3.8, 4) is 11.5 Å². The van der Waals surface area contributed by atoms with Gasteiger partial charge in [0.2, 0.25) is 0 Å². The molecule has 0 bridgehead atoms. The molecule has 164 valence electrons. The third kappa shape index (κ3) is 4.17. The lowest BCUT2D eigenvalue weighted by Crippen LogP contribution is -2.33. The van der Waals surface area contributed by atoms with Crippen molar-refractivity contribution < 1.29 is 14.3 Å². The molecule has 7 nitrogen and oxygen atoms in total. The minimum absolute atomic E-state index is 0.192. The van der Waals surface area contributed by atoms with E-state index in [1.807, 2.05) is 13.8 Å². The number of aromatic nitrogens is 2. The SMILES string of the molecule is COc1ccc(OC)c(NC(=O)c2sc3nc(C)nc(N4CCC(C)CC4)c3c2C)c1. The second-order valence-corrected chi connectivity index (χ2v) is 9.02. The summed E-state index contributed by atoms with van der Waals surface area (Å²) in [6.07, 6.45) is 2.30. The third-order valence-corrected chi connectivity index (χ3v) is 7.01. The third-order valence-electron chi connectivity index (χ3n) is 5.83. The Morgan fingerprint density at radius 2 is 1.90 bits per heavy atom. The van der Waals surface area contributed by atoms with E-state index in [2.05, 4.69) is 22.1 Å². The molecule has 3 heterocycles. The standard InChI is InChI=1S/C23H28N4O3S/c1-13-8-10-27(11-9-13)21-19-14(2)20(31-23(19)25-15(3)24-21)22(28)26-17-12-16(29-4)6-7-18(17)30-5/h6-7,12-13H,8-11H2,1-5H3,(H,26,28). The number of nitrogens with zero attached hydrogens (tertiary/aromatic N) is 3. The number of carbonyl (C=O) groups is 1. The number of rotatable bonds is 5. The lowest BCUT2D eigenvalue weighted by molar-refractivity contribution is 0.102. The van der Waals surface area contributed by atoms with E-state index in [-0.39, 0.29) is 5.91 Å². The average Bonchev–Trinajstić information content (AvgIpc) is 3.10. The van der Waals surface area contributed by atoms with Gasteiger partial charge in [-0.05, 0) is 50.3 Å². The van der Waals surface area contributed by atoms with Crippen LogP contribution in [0.15, 0.2) is 18.2 Å². The Balaban J connectivity index is 1.71. The number of ether oxygens (including phenoxy) is 2. The lowest BCUT2D eigenvalue weighted by atomic mass is 9.99. The quantitative estimate of drug-likeness (QED) is 0.613. The van der Waals surface area contributed by atoms with Crippen LogP contribution in [-0.4, -0.2) is 43.2 Å². The first-order valence-corrected chi connectivity index (χ1v) is 11.3. The first kappa shape index (κ1) is 21.4. The van der Waals surface area contributed by atoms with Crippen molar-refractivity contribution in [3.05, 3.63) is 34.5 Å². The molecule has 4 rings (SSSR count). The Bertz CT molecular complexity index is 1120. The van der Waals surface area contributed by atoms with Crippen molar-refractivity contribution in [2.24, 2.45) is 5.92 Å². The molecule has 31 heavy (non-hydrogen) atoms. The van der Waals surface area contributed by atoms with Gasteiger partial charge >= 0.3 is 0 Å². The van der Waals surface area contributed by atoms with Gasteiger partial charge in [0, 0.05) is 19.2 Å². The number of hydrogen-bond donors (Lipinski definition) is 1. The molecule has 0 aliphatic carbocycles. The number of thiophene rings is 1. The smallest absolute Gasteiger partial charge is 0.266 e. The number of piperidine rings is 1. The molecule has 0 saturated carbocycles. The molecule has 0 atom stereocenters. The van der Waals surface area contributed by atoms with Crippen molar-refractivity contribution in [2.75, 3.05) is 37.5 Å². The van der Waals surface area contributed by atoms with Crippen molar-refractivity contribution >= 4 is 39.0 Å². The second kappa shape index (κ2) is 8.70. The van der Waals surface area contributed by atoms with Crippen molar-refractivity contribution in [1.29, 1.82) is 0 Å². The number of aryl methyl sites for hydroxylation is 2. The highest BCUT2D eigenvalue weighted by molar-refractivity contribution is 7.20. The molecule has 1 fully saturated rings. The van der Waals surface area contributed by atoms with Gasteiger partial charge in [-0.15, -0.1) is 11.3 Å². The molecule has 1 amide bonds. The lowest BCUT2D eigenvalue weighted by Gasteiger charge is -2.31. The van der Waals surface area contributed by atoms with Crippen LogP contribution in [0.1, 0.15) is 40.8 Å². The van der Waals surface area contributed by atoms with Gasteiger partial charge in [-0.2, -0.15) is 0 Å². The Labute approximate surface area is 186 Å². The van der Waals surface area contributed by atoms with E-state index in [0.29, 0.717) is 22.1 Å². The number of fused-ring (bicyclic) bond motifs is 1. The monoisotopic (exact) mass is 440 g/mol. The Hall–Kier alpha value is -2.87. The van der Waals surface area contributed by atoms with Crippen molar-refractivity contribution in [3.63, 3.8) is 0 Å². The topological polar surface area (TPSA) is 76.6 Å². The Morgan fingerprint density at radius 1 is 1.16 bits per heavy atom.